The van der Waals surface area contributed by atoms with E-state index in [0.717, 1.165) is 11.1 Å². The molecule has 6 heteroatoms. The van der Waals surface area contributed by atoms with Crippen LogP contribution in [0.25, 0.3) is 22.4 Å². The maximum Gasteiger partial charge on any atom is 0.354 e. The van der Waals surface area contributed by atoms with Gasteiger partial charge in [0.05, 0.1) is 12.7 Å². The van der Waals surface area contributed by atoms with Crippen LogP contribution in [0.15, 0.2) is 35.0 Å². The lowest BCUT2D eigenvalue weighted by Gasteiger charge is -2.06. The third-order valence-electron chi connectivity index (χ3n) is 3.18. The highest BCUT2D eigenvalue weighted by molar-refractivity contribution is 5.88. The van der Waals surface area contributed by atoms with Gasteiger partial charge in [0.25, 0.3) is 0 Å². The van der Waals surface area contributed by atoms with Gasteiger partial charge in [0, 0.05) is 24.5 Å². The van der Waals surface area contributed by atoms with Crippen molar-refractivity contribution in [2.75, 3.05) is 7.11 Å². The number of carboxylic acid groups (broad SMARTS) is 1. The molecule has 3 aromatic heterocycles. The summed E-state index contributed by atoms with van der Waals surface area (Å²) in [7, 11) is 1.47. The molecule has 0 spiro atoms. The molecule has 3 heterocycles. The van der Waals surface area contributed by atoms with Crippen molar-refractivity contribution in [1.29, 1.82) is 0 Å². The van der Waals surface area contributed by atoms with Crippen molar-refractivity contribution in [1.82, 2.24) is 9.97 Å². The molecule has 0 aliphatic rings. The van der Waals surface area contributed by atoms with Crippen LogP contribution in [0.3, 0.4) is 0 Å². The third kappa shape index (κ3) is 2.20. The number of aromatic nitrogens is 2. The average molecular weight is 284 g/mol. The molecule has 3 rings (SSSR count). The largest absolute Gasteiger partial charge is 0.496 e. The first-order valence-corrected chi connectivity index (χ1v) is 6.23. The van der Waals surface area contributed by atoms with E-state index >= 15 is 0 Å². The first-order chi connectivity index (χ1) is 10.1. The van der Waals surface area contributed by atoms with Crippen LogP contribution >= 0.6 is 0 Å². The smallest absolute Gasteiger partial charge is 0.354 e. The van der Waals surface area contributed by atoms with E-state index in [9.17, 15) is 4.79 Å². The third-order valence-corrected chi connectivity index (χ3v) is 3.18. The second-order valence-electron chi connectivity index (χ2n) is 4.53. The molecule has 3 aromatic rings. The number of carbonyl (C=O) groups is 1. The number of carboxylic acids is 1. The second-order valence-corrected chi connectivity index (χ2v) is 4.53. The molecular formula is C15H12N2O4. The van der Waals surface area contributed by atoms with Crippen molar-refractivity contribution in [3.63, 3.8) is 0 Å². The number of nitrogens with zero attached hydrogens (tertiary/aromatic N) is 2. The number of rotatable bonds is 3. The summed E-state index contributed by atoms with van der Waals surface area (Å²) in [6, 6.07) is 5.01. The molecule has 0 unspecified atom stereocenters. The van der Waals surface area contributed by atoms with Crippen molar-refractivity contribution < 1.29 is 19.1 Å². The van der Waals surface area contributed by atoms with Crippen molar-refractivity contribution in [2.45, 2.75) is 6.92 Å². The van der Waals surface area contributed by atoms with E-state index < -0.39 is 5.97 Å². The van der Waals surface area contributed by atoms with E-state index in [1.807, 2.05) is 13.0 Å². The van der Waals surface area contributed by atoms with Gasteiger partial charge in [-0.3, -0.25) is 4.98 Å². The van der Waals surface area contributed by atoms with Gasteiger partial charge in [-0.25, -0.2) is 9.78 Å². The van der Waals surface area contributed by atoms with Crippen LogP contribution in [0.1, 0.15) is 16.1 Å². The van der Waals surface area contributed by atoms with E-state index in [4.69, 9.17) is 14.3 Å². The summed E-state index contributed by atoms with van der Waals surface area (Å²) >= 11 is 0. The summed E-state index contributed by atoms with van der Waals surface area (Å²) in [4.78, 5) is 19.1. The fraction of sp³-hybridized carbons (Fsp3) is 0.133. The lowest BCUT2D eigenvalue weighted by atomic mass is 10.2. The molecule has 0 saturated heterocycles. The summed E-state index contributed by atoms with van der Waals surface area (Å²) in [6.45, 7) is 1.93. The van der Waals surface area contributed by atoms with Gasteiger partial charge >= 0.3 is 5.97 Å². The highest BCUT2D eigenvalue weighted by atomic mass is 16.5. The Balaban J connectivity index is 2.18. The molecule has 0 saturated carbocycles. The van der Waals surface area contributed by atoms with Gasteiger partial charge in [-0.2, -0.15) is 0 Å². The minimum absolute atomic E-state index is 0.0824. The zero-order chi connectivity index (χ0) is 15.0. The number of furan rings is 1. The molecule has 106 valence electrons. The minimum atomic E-state index is -1.11. The summed E-state index contributed by atoms with van der Waals surface area (Å²) < 4.78 is 11.0. The maximum atomic E-state index is 11.0. The Morgan fingerprint density at radius 1 is 1.33 bits per heavy atom. The first-order valence-electron chi connectivity index (χ1n) is 6.23. The van der Waals surface area contributed by atoms with Crippen LogP contribution in [0.5, 0.6) is 5.75 Å². The number of aromatic carboxylic acids is 1. The zero-order valence-electron chi connectivity index (χ0n) is 11.5. The fourth-order valence-corrected chi connectivity index (χ4v) is 2.11. The molecule has 6 nitrogen and oxygen atoms in total. The number of fused-ring (bicyclic) bond motifs is 1. The van der Waals surface area contributed by atoms with Gasteiger partial charge < -0.3 is 14.3 Å². The number of methoxy groups -OCH3 is 1. The standard InChI is InChI=1S/C15H12N2O4/c1-8-3-4-16-10-5-13(21-14(8)10)9-7-17-11(15(18)19)6-12(9)20-2/h3-7H,1-2H3,(H,18,19). The lowest BCUT2D eigenvalue weighted by molar-refractivity contribution is 0.0690. The molecule has 0 aromatic carbocycles. The second kappa shape index (κ2) is 4.90. The minimum Gasteiger partial charge on any atom is -0.496 e. The van der Waals surface area contributed by atoms with E-state index in [1.165, 1.54) is 19.4 Å². The summed E-state index contributed by atoms with van der Waals surface area (Å²) in [5.74, 6) is -0.186. The molecule has 21 heavy (non-hydrogen) atoms. The van der Waals surface area contributed by atoms with Gasteiger partial charge in [-0.05, 0) is 18.6 Å². The molecular weight excluding hydrogens is 272 g/mol. The van der Waals surface area contributed by atoms with Gasteiger partial charge in [-0.1, -0.05) is 0 Å². The topological polar surface area (TPSA) is 85.5 Å². The molecule has 1 N–H and O–H groups in total. The monoisotopic (exact) mass is 284 g/mol. The number of aryl methyl sites for hydroxylation is 1. The Bertz CT molecular complexity index is 839. The van der Waals surface area contributed by atoms with E-state index in [1.54, 1.807) is 12.3 Å². The Morgan fingerprint density at radius 3 is 2.81 bits per heavy atom. The predicted molar refractivity (Wildman–Crippen MR) is 75.5 cm³/mol. The Hall–Kier alpha value is -2.89. The SMILES string of the molecule is COc1cc(C(=O)O)ncc1-c1cc2nccc(C)c2o1. The summed E-state index contributed by atoms with van der Waals surface area (Å²) in [5, 5.41) is 8.97. The zero-order valence-corrected chi connectivity index (χ0v) is 11.5. The van der Waals surface area contributed by atoms with Crippen molar-refractivity contribution in [3.8, 4) is 17.1 Å². The van der Waals surface area contributed by atoms with Crippen LogP contribution in [0.4, 0.5) is 0 Å². The Kier molecular flexibility index (Phi) is 3.06. The van der Waals surface area contributed by atoms with Gasteiger partial charge in [-0.15, -0.1) is 0 Å². The highest BCUT2D eigenvalue weighted by Gasteiger charge is 2.16. The molecule has 0 atom stereocenters. The van der Waals surface area contributed by atoms with Crippen molar-refractivity contribution in [2.24, 2.45) is 0 Å². The normalized spacial score (nSPS) is 10.8. The van der Waals surface area contributed by atoms with E-state index in [2.05, 4.69) is 9.97 Å². The summed E-state index contributed by atoms with van der Waals surface area (Å²) in [5.41, 5.74) is 2.90. The maximum absolute atomic E-state index is 11.0. The van der Waals surface area contributed by atoms with Crippen LogP contribution < -0.4 is 4.74 Å². The number of pyridine rings is 2. The van der Waals surface area contributed by atoms with Crippen LogP contribution in [-0.2, 0) is 0 Å². The molecule has 0 bridgehead atoms. The van der Waals surface area contributed by atoms with Crippen LogP contribution in [-0.4, -0.2) is 28.2 Å². The van der Waals surface area contributed by atoms with E-state index in [0.29, 0.717) is 22.7 Å². The molecule has 0 aliphatic heterocycles. The van der Waals surface area contributed by atoms with Crippen LogP contribution in [0, 0.1) is 6.92 Å². The van der Waals surface area contributed by atoms with Gasteiger partial charge in [0.1, 0.15) is 17.0 Å². The molecule has 0 fully saturated rings. The summed E-state index contributed by atoms with van der Waals surface area (Å²) in [6.07, 6.45) is 3.13. The number of hydrogen-bond acceptors (Lipinski definition) is 5. The van der Waals surface area contributed by atoms with Gasteiger partial charge in [0.15, 0.2) is 11.3 Å². The van der Waals surface area contributed by atoms with Crippen LogP contribution in [0.2, 0.25) is 0 Å². The number of ether oxygens (including phenoxy) is 1. The number of hydrogen-bond donors (Lipinski definition) is 1. The Labute approximate surface area is 120 Å². The quantitative estimate of drug-likeness (QED) is 0.796. The first kappa shape index (κ1) is 13.1. The van der Waals surface area contributed by atoms with E-state index in [-0.39, 0.29) is 5.69 Å². The Morgan fingerprint density at radius 2 is 2.14 bits per heavy atom. The van der Waals surface area contributed by atoms with Crippen molar-refractivity contribution in [3.05, 3.63) is 41.9 Å². The fourth-order valence-electron chi connectivity index (χ4n) is 2.11. The lowest BCUT2D eigenvalue weighted by Crippen LogP contribution is -2.01. The highest BCUT2D eigenvalue weighted by Crippen LogP contribution is 2.34. The predicted octanol–water partition coefficient (Wildman–Crippen LogP) is 2.91. The molecule has 0 radical (unpaired) electrons. The van der Waals surface area contributed by atoms with Gasteiger partial charge in [0.2, 0.25) is 0 Å². The molecule has 0 amide bonds. The molecule has 0 aliphatic carbocycles. The average Bonchev–Trinajstić information content (AvgIpc) is 2.91. The van der Waals surface area contributed by atoms with Crippen molar-refractivity contribution >= 4 is 17.1 Å².